The van der Waals surface area contributed by atoms with E-state index in [1.54, 1.807) is 12.3 Å². The van der Waals surface area contributed by atoms with E-state index in [-0.39, 0.29) is 0 Å². The third-order valence-electron chi connectivity index (χ3n) is 2.15. The first-order chi connectivity index (χ1) is 7.69. The summed E-state index contributed by atoms with van der Waals surface area (Å²) in [5.41, 5.74) is 1.79. The van der Waals surface area contributed by atoms with Crippen molar-refractivity contribution in [3.05, 3.63) is 39.8 Å². The molecule has 0 aliphatic heterocycles. The van der Waals surface area contributed by atoms with Crippen molar-refractivity contribution in [1.29, 1.82) is 0 Å². The normalized spacial score (nSPS) is 10.4. The van der Waals surface area contributed by atoms with Crippen LogP contribution >= 0.6 is 23.8 Å². The van der Waals surface area contributed by atoms with Crippen molar-refractivity contribution in [2.45, 2.75) is 13.3 Å². The minimum absolute atomic E-state index is 0.572. The number of pyridine rings is 1. The number of rotatable bonds is 2. The van der Waals surface area contributed by atoms with Crippen LogP contribution in [-0.4, -0.2) is 15.0 Å². The Morgan fingerprint density at radius 3 is 2.88 bits per heavy atom. The Hall–Kier alpha value is -1.26. The van der Waals surface area contributed by atoms with Gasteiger partial charge in [-0.2, -0.15) is 0 Å². The number of halogens is 1. The van der Waals surface area contributed by atoms with Gasteiger partial charge in [-0.05, 0) is 24.6 Å². The molecule has 5 heteroatoms. The maximum atomic E-state index is 5.78. The molecule has 2 aromatic rings. The van der Waals surface area contributed by atoms with Gasteiger partial charge in [-0.25, -0.2) is 4.98 Å². The van der Waals surface area contributed by atoms with Crippen molar-refractivity contribution in [3.8, 4) is 11.5 Å². The van der Waals surface area contributed by atoms with Gasteiger partial charge in [0.05, 0.1) is 5.02 Å². The Kier molecular flexibility index (Phi) is 3.31. The lowest BCUT2D eigenvalue weighted by atomic mass is 10.3. The number of hydrogen-bond donors (Lipinski definition) is 1. The van der Waals surface area contributed by atoms with Gasteiger partial charge in [-0.1, -0.05) is 30.7 Å². The van der Waals surface area contributed by atoms with Crippen LogP contribution in [0.5, 0.6) is 0 Å². The van der Waals surface area contributed by atoms with Crippen molar-refractivity contribution < 1.29 is 0 Å². The first-order valence-electron chi connectivity index (χ1n) is 4.91. The molecule has 0 saturated carbocycles. The van der Waals surface area contributed by atoms with Gasteiger partial charge in [0.25, 0.3) is 0 Å². The molecule has 0 unspecified atom stereocenters. The Morgan fingerprint density at radius 1 is 1.44 bits per heavy atom. The molecule has 3 nitrogen and oxygen atoms in total. The van der Waals surface area contributed by atoms with Crippen LogP contribution in [-0.2, 0) is 6.42 Å². The quantitative estimate of drug-likeness (QED) is 0.832. The Balaban J connectivity index is 2.51. The summed E-state index contributed by atoms with van der Waals surface area (Å²) in [5.74, 6) is 0.681. The number of aryl methyl sites for hydroxylation is 1. The Morgan fingerprint density at radius 2 is 2.25 bits per heavy atom. The van der Waals surface area contributed by atoms with E-state index in [2.05, 4.69) is 21.9 Å². The molecule has 0 aliphatic rings. The highest BCUT2D eigenvalue weighted by atomic mass is 35.5. The van der Waals surface area contributed by atoms with Gasteiger partial charge in [0.2, 0.25) is 0 Å². The van der Waals surface area contributed by atoms with Crippen LogP contribution in [0.2, 0.25) is 5.02 Å². The second kappa shape index (κ2) is 4.72. The lowest BCUT2D eigenvalue weighted by molar-refractivity contribution is 0.992. The van der Waals surface area contributed by atoms with E-state index >= 15 is 0 Å². The number of nitrogens with one attached hydrogen (secondary N) is 1. The van der Waals surface area contributed by atoms with Crippen LogP contribution in [0, 0.1) is 4.64 Å². The predicted molar refractivity (Wildman–Crippen MR) is 67.0 cm³/mol. The highest BCUT2D eigenvalue weighted by Crippen LogP contribution is 2.15. The van der Waals surface area contributed by atoms with Crippen molar-refractivity contribution in [1.82, 2.24) is 15.0 Å². The maximum absolute atomic E-state index is 5.78. The minimum Gasteiger partial charge on any atom is -0.342 e. The molecule has 0 radical (unpaired) electrons. The second-order valence-electron chi connectivity index (χ2n) is 3.31. The summed E-state index contributed by atoms with van der Waals surface area (Å²) >= 11 is 10.9. The predicted octanol–water partition coefficient (Wildman–Crippen LogP) is 3.42. The Labute approximate surface area is 104 Å². The van der Waals surface area contributed by atoms with Gasteiger partial charge in [0, 0.05) is 11.9 Å². The molecule has 2 rings (SSSR count). The third kappa shape index (κ3) is 2.46. The lowest BCUT2D eigenvalue weighted by Gasteiger charge is -2.03. The molecular weight excluding hydrogens is 242 g/mol. The second-order valence-corrected chi connectivity index (χ2v) is 4.16. The van der Waals surface area contributed by atoms with Crippen LogP contribution in [0.3, 0.4) is 0 Å². The van der Waals surface area contributed by atoms with Crippen LogP contribution in [0.15, 0.2) is 24.4 Å². The van der Waals surface area contributed by atoms with E-state index in [1.165, 1.54) is 0 Å². The first kappa shape index (κ1) is 11.2. The van der Waals surface area contributed by atoms with Gasteiger partial charge in [-0.15, -0.1) is 0 Å². The summed E-state index contributed by atoms with van der Waals surface area (Å²) in [7, 11) is 0. The highest BCUT2D eigenvalue weighted by molar-refractivity contribution is 7.71. The fourth-order valence-corrected chi connectivity index (χ4v) is 1.68. The zero-order valence-corrected chi connectivity index (χ0v) is 10.3. The highest BCUT2D eigenvalue weighted by Gasteiger charge is 2.02. The molecular formula is C11H10ClN3S. The molecule has 16 heavy (non-hydrogen) atoms. The number of aromatic nitrogens is 3. The number of H-pyrrole nitrogens is 1. The standard InChI is InChI=1S/C11H10ClN3S/c1-2-8-5-10(16)15-11(14-8)9-4-3-7(12)6-13-9/h3-6H,2H2,1H3,(H,14,15,16). The summed E-state index contributed by atoms with van der Waals surface area (Å²) < 4.78 is 0.572. The molecule has 1 N–H and O–H groups in total. The van der Waals surface area contributed by atoms with Crippen molar-refractivity contribution in [2.75, 3.05) is 0 Å². The molecule has 0 aliphatic carbocycles. The van der Waals surface area contributed by atoms with Gasteiger partial charge in [0.1, 0.15) is 10.3 Å². The van der Waals surface area contributed by atoms with E-state index in [1.807, 2.05) is 12.1 Å². The van der Waals surface area contributed by atoms with Gasteiger partial charge in [-0.3, -0.25) is 4.98 Å². The van der Waals surface area contributed by atoms with Gasteiger partial charge in [0.15, 0.2) is 5.82 Å². The number of hydrogen-bond acceptors (Lipinski definition) is 3. The SMILES string of the molecule is CCc1cc(=S)nc(-c2ccc(Cl)cn2)[nH]1. The fraction of sp³-hybridized carbons (Fsp3) is 0.182. The van der Waals surface area contributed by atoms with Crippen molar-refractivity contribution in [2.24, 2.45) is 0 Å². The third-order valence-corrected chi connectivity index (χ3v) is 2.58. The average Bonchev–Trinajstić information content (AvgIpc) is 2.29. The molecule has 0 atom stereocenters. The van der Waals surface area contributed by atoms with E-state index in [0.29, 0.717) is 15.5 Å². The van der Waals surface area contributed by atoms with E-state index in [4.69, 9.17) is 23.8 Å². The van der Waals surface area contributed by atoms with Crippen LogP contribution < -0.4 is 0 Å². The Bertz CT molecular complexity index is 548. The average molecular weight is 252 g/mol. The molecule has 0 saturated heterocycles. The zero-order chi connectivity index (χ0) is 11.5. The van der Waals surface area contributed by atoms with Crippen LogP contribution in [0.25, 0.3) is 11.5 Å². The molecule has 0 aromatic carbocycles. The summed E-state index contributed by atoms with van der Waals surface area (Å²) in [6.45, 7) is 2.06. The number of aromatic amines is 1. The summed E-state index contributed by atoms with van der Waals surface area (Å²) in [5, 5.41) is 0.606. The monoisotopic (exact) mass is 251 g/mol. The zero-order valence-electron chi connectivity index (χ0n) is 8.70. The van der Waals surface area contributed by atoms with Crippen LogP contribution in [0.4, 0.5) is 0 Å². The van der Waals surface area contributed by atoms with Crippen molar-refractivity contribution in [3.63, 3.8) is 0 Å². The van der Waals surface area contributed by atoms with E-state index < -0.39 is 0 Å². The van der Waals surface area contributed by atoms with Crippen LogP contribution in [0.1, 0.15) is 12.6 Å². The van der Waals surface area contributed by atoms with Gasteiger partial charge >= 0.3 is 0 Å². The molecule has 2 aromatic heterocycles. The van der Waals surface area contributed by atoms with E-state index in [9.17, 15) is 0 Å². The molecule has 0 bridgehead atoms. The molecule has 82 valence electrons. The fourth-order valence-electron chi connectivity index (χ4n) is 1.34. The summed E-state index contributed by atoms with van der Waals surface area (Å²) in [4.78, 5) is 11.6. The van der Waals surface area contributed by atoms with Crippen molar-refractivity contribution >= 4 is 23.8 Å². The molecule has 2 heterocycles. The summed E-state index contributed by atoms with van der Waals surface area (Å²) in [6, 6.07) is 5.45. The largest absolute Gasteiger partial charge is 0.342 e. The summed E-state index contributed by atoms with van der Waals surface area (Å²) in [6.07, 6.45) is 2.47. The topological polar surface area (TPSA) is 41.6 Å². The van der Waals surface area contributed by atoms with E-state index in [0.717, 1.165) is 17.8 Å². The van der Waals surface area contributed by atoms with Gasteiger partial charge < -0.3 is 4.98 Å². The molecule has 0 fully saturated rings. The minimum atomic E-state index is 0.572. The number of nitrogens with zero attached hydrogens (tertiary/aromatic N) is 2. The molecule has 0 spiro atoms. The first-order valence-corrected chi connectivity index (χ1v) is 5.70. The molecule has 0 amide bonds. The smallest absolute Gasteiger partial charge is 0.157 e. The lowest BCUT2D eigenvalue weighted by Crippen LogP contribution is -1.96. The maximum Gasteiger partial charge on any atom is 0.157 e.